The van der Waals surface area contributed by atoms with Crippen molar-refractivity contribution in [1.29, 1.82) is 0 Å². The second-order valence-corrected chi connectivity index (χ2v) is 6.14. The van der Waals surface area contributed by atoms with E-state index >= 15 is 0 Å². The highest BCUT2D eigenvalue weighted by Gasteiger charge is 2.18. The number of nitrogens with one attached hydrogen (secondary N) is 1. The fraction of sp³-hybridized carbons (Fsp3) is 0.273. The van der Waals surface area contributed by atoms with Crippen molar-refractivity contribution < 1.29 is 19.1 Å². The summed E-state index contributed by atoms with van der Waals surface area (Å²) in [5.74, 6) is -0.279. The molecule has 1 amide bonds. The lowest BCUT2D eigenvalue weighted by molar-refractivity contribution is -0.148. The zero-order valence-electron chi connectivity index (χ0n) is 16.1. The summed E-state index contributed by atoms with van der Waals surface area (Å²) in [5.41, 5.74) is 3.42. The Morgan fingerprint density at radius 1 is 1.07 bits per heavy atom. The number of ether oxygens (including phenoxy) is 2. The SMILES string of the molecule is CCOc1ccccc1/C=C/C(=O)O[C@@H](C)C(=O)Nc1c(C)cccc1C. The lowest BCUT2D eigenvalue weighted by atomic mass is 10.1. The highest BCUT2D eigenvalue weighted by molar-refractivity contribution is 5.97. The minimum Gasteiger partial charge on any atom is -0.493 e. The summed E-state index contributed by atoms with van der Waals surface area (Å²) in [6, 6.07) is 13.1. The second kappa shape index (κ2) is 9.57. The minimum absolute atomic E-state index is 0.371. The van der Waals surface area contributed by atoms with Crippen molar-refractivity contribution in [2.75, 3.05) is 11.9 Å². The molecule has 1 atom stereocenters. The van der Waals surface area contributed by atoms with Crippen LogP contribution < -0.4 is 10.1 Å². The molecule has 0 aromatic heterocycles. The number of carbonyl (C=O) groups is 2. The van der Waals surface area contributed by atoms with Crippen LogP contribution in [-0.4, -0.2) is 24.6 Å². The molecule has 0 saturated heterocycles. The molecule has 27 heavy (non-hydrogen) atoms. The summed E-state index contributed by atoms with van der Waals surface area (Å²) in [6.07, 6.45) is 1.99. The van der Waals surface area contributed by atoms with Gasteiger partial charge in [-0.3, -0.25) is 4.79 Å². The van der Waals surface area contributed by atoms with E-state index in [-0.39, 0.29) is 5.91 Å². The van der Waals surface area contributed by atoms with E-state index in [1.165, 1.54) is 6.08 Å². The number of rotatable bonds is 7. The van der Waals surface area contributed by atoms with E-state index in [0.29, 0.717) is 12.4 Å². The smallest absolute Gasteiger partial charge is 0.331 e. The summed E-state index contributed by atoms with van der Waals surface area (Å²) in [7, 11) is 0. The third-order valence-electron chi connectivity index (χ3n) is 4.01. The number of anilines is 1. The standard InChI is InChI=1S/C22H25NO4/c1-5-26-19-12-7-6-11-18(19)13-14-20(24)27-17(4)22(25)23-21-15(2)9-8-10-16(21)3/h6-14,17H,5H2,1-4H3,(H,23,25)/b14-13+/t17-/m0/s1. The largest absolute Gasteiger partial charge is 0.493 e. The van der Waals surface area contributed by atoms with Gasteiger partial charge in [0.05, 0.1) is 6.61 Å². The number of benzene rings is 2. The van der Waals surface area contributed by atoms with Crippen LogP contribution in [0, 0.1) is 13.8 Å². The fourth-order valence-electron chi connectivity index (χ4n) is 2.57. The third-order valence-corrected chi connectivity index (χ3v) is 4.01. The molecule has 142 valence electrons. The predicted octanol–water partition coefficient (Wildman–Crippen LogP) is 4.29. The molecule has 1 N–H and O–H groups in total. The van der Waals surface area contributed by atoms with Crippen LogP contribution in [0.4, 0.5) is 5.69 Å². The summed E-state index contributed by atoms with van der Waals surface area (Å²) < 4.78 is 10.7. The van der Waals surface area contributed by atoms with Crippen LogP contribution in [0.1, 0.15) is 30.5 Å². The zero-order chi connectivity index (χ0) is 19.8. The van der Waals surface area contributed by atoms with Crippen molar-refractivity contribution in [2.45, 2.75) is 33.8 Å². The summed E-state index contributed by atoms with van der Waals surface area (Å²) in [6.45, 7) is 7.80. The van der Waals surface area contributed by atoms with E-state index in [1.807, 2.05) is 63.2 Å². The summed E-state index contributed by atoms with van der Waals surface area (Å²) in [5, 5.41) is 2.82. The molecule has 0 heterocycles. The highest BCUT2D eigenvalue weighted by Crippen LogP contribution is 2.21. The second-order valence-electron chi connectivity index (χ2n) is 6.14. The Morgan fingerprint density at radius 3 is 2.41 bits per heavy atom. The predicted molar refractivity (Wildman–Crippen MR) is 107 cm³/mol. The van der Waals surface area contributed by atoms with E-state index in [1.54, 1.807) is 13.0 Å². The number of para-hydroxylation sites is 2. The molecule has 0 aliphatic heterocycles. The summed E-state index contributed by atoms with van der Waals surface area (Å²) >= 11 is 0. The Labute approximate surface area is 160 Å². The molecule has 0 unspecified atom stereocenters. The molecule has 0 aliphatic rings. The van der Waals surface area contributed by atoms with Crippen LogP contribution in [0.25, 0.3) is 6.08 Å². The van der Waals surface area contributed by atoms with E-state index < -0.39 is 12.1 Å². The molecule has 0 fully saturated rings. The highest BCUT2D eigenvalue weighted by atomic mass is 16.5. The molecule has 0 spiro atoms. The van der Waals surface area contributed by atoms with Gasteiger partial charge in [-0.1, -0.05) is 36.4 Å². The Hall–Kier alpha value is -3.08. The van der Waals surface area contributed by atoms with Crippen molar-refractivity contribution in [2.24, 2.45) is 0 Å². The summed E-state index contributed by atoms with van der Waals surface area (Å²) in [4.78, 5) is 24.4. The van der Waals surface area contributed by atoms with Gasteiger partial charge in [0, 0.05) is 17.3 Å². The first-order valence-electron chi connectivity index (χ1n) is 8.90. The maximum absolute atomic E-state index is 12.3. The Kier molecular flexibility index (Phi) is 7.17. The number of hydrogen-bond donors (Lipinski definition) is 1. The van der Waals surface area contributed by atoms with Gasteiger partial charge in [0.2, 0.25) is 0 Å². The monoisotopic (exact) mass is 367 g/mol. The quantitative estimate of drug-likeness (QED) is 0.586. The van der Waals surface area contributed by atoms with Gasteiger partial charge in [0.25, 0.3) is 5.91 Å². The molecule has 5 nitrogen and oxygen atoms in total. The van der Waals surface area contributed by atoms with Crippen LogP contribution >= 0.6 is 0 Å². The van der Waals surface area contributed by atoms with Crippen LogP contribution in [0.15, 0.2) is 48.5 Å². The molecule has 0 saturated carbocycles. The van der Waals surface area contributed by atoms with Gasteiger partial charge >= 0.3 is 5.97 Å². The van der Waals surface area contributed by atoms with Gasteiger partial charge in [0.15, 0.2) is 6.10 Å². The molecule has 0 bridgehead atoms. The van der Waals surface area contributed by atoms with Gasteiger partial charge in [-0.05, 0) is 51.0 Å². The molecular formula is C22H25NO4. The molecule has 0 radical (unpaired) electrons. The Morgan fingerprint density at radius 2 is 1.74 bits per heavy atom. The molecule has 2 aromatic rings. The van der Waals surface area contributed by atoms with E-state index in [4.69, 9.17) is 9.47 Å². The first kappa shape index (κ1) is 20.2. The third kappa shape index (κ3) is 5.71. The van der Waals surface area contributed by atoms with Gasteiger partial charge in [-0.15, -0.1) is 0 Å². The topological polar surface area (TPSA) is 64.6 Å². The Bertz CT molecular complexity index is 822. The minimum atomic E-state index is -0.914. The van der Waals surface area contributed by atoms with Gasteiger partial charge < -0.3 is 14.8 Å². The fourth-order valence-corrected chi connectivity index (χ4v) is 2.57. The van der Waals surface area contributed by atoms with Crippen molar-refractivity contribution in [3.05, 3.63) is 65.2 Å². The average molecular weight is 367 g/mol. The van der Waals surface area contributed by atoms with E-state index in [9.17, 15) is 9.59 Å². The molecule has 2 aromatic carbocycles. The number of carbonyl (C=O) groups excluding carboxylic acids is 2. The average Bonchev–Trinajstić information content (AvgIpc) is 2.64. The first-order chi connectivity index (χ1) is 12.9. The molecular weight excluding hydrogens is 342 g/mol. The van der Waals surface area contributed by atoms with E-state index in [2.05, 4.69) is 5.32 Å². The van der Waals surface area contributed by atoms with Crippen molar-refractivity contribution in [3.63, 3.8) is 0 Å². The maximum Gasteiger partial charge on any atom is 0.331 e. The maximum atomic E-state index is 12.3. The van der Waals surface area contributed by atoms with Crippen LogP contribution in [0.2, 0.25) is 0 Å². The zero-order valence-corrected chi connectivity index (χ0v) is 16.1. The molecule has 5 heteroatoms. The number of aryl methyl sites for hydroxylation is 2. The van der Waals surface area contributed by atoms with Gasteiger partial charge in [0.1, 0.15) is 5.75 Å². The lowest BCUT2D eigenvalue weighted by Gasteiger charge is -2.15. The number of amides is 1. The van der Waals surface area contributed by atoms with Crippen LogP contribution in [0.3, 0.4) is 0 Å². The van der Waals surface area contributed by atoms with Crippen LogP contribution in [-0.2, 0) is 14.3 Å². The van der Waals surface area contributed by atoms with Gasteiger partial charge in [-0.2, -0.15) is 0 Å². The molecule has 2 rings (SSSR count). The van der Waals surface area contributed by atoms with E-state index in [0.717, 1.165) is 22.4 Å². The first-order valence-corrected chi connectivity index (χ1v) is 8.90. The van der Waals surface area contributed by atoms with Crippen molar-refractivity contribution in [3.8, 4) is 5.75 Å². The van der Waals surface area contributed by atoms with Crippen molar-refractivity contribution in [1.82, 2.24) is 0 Å². The number of hydrogen-bond acceptors (Lipinski definition) is 4. The normalized spacial score (nSPS) is 11.9. The molecule has 0 aliphatic carbocycles. The van der Waals surface area contributed by atoms with Crippen molar-refractivity contribution >= 4 is 23.6 Å². The lowest BCUT2D eigenvalue weighted by Crippen LogP contribution is -2.30. The van der Waals surface area contributed by atoms with Gasteiger partial charge in [-0.25, -0.2) is 4.79 Å². The van der Waals surface area contributed by atoms with Crippen LogP contribution in [0.5, 0.6) is 5.75 Å². The Balaban J connectivity index is 1.98. The number of esters is 1.